The fourth-order valence-electron chi connectivity index (χ4n) is 0.910. The molecule has 0 fully saturated rings. The molecular formula is C11H5Br3Cl2N2O. The molecule has 8 heteroatoms. The predicted molar refractivity (Wildman–Crippen MR) is 87.0 cm³/mol. The summed E-state index contributed by atoms with van der Waals surface area (Å²) in [6, 6.07) is 3.40. The molecular weight excluding hydrogens is 487 g/mol. The van der Waals surface area contributed by atoms with Gasteiger partial charge in [-0.05, 0) is 59.9 Å². The third-order valence-electron chi connectivity index (χ3n) is 1.71. The minimum atomic E-state index is 0.365. The number of hydrogen-bond acceptors (Lipinski definition) is 3. The molecule has 0 radical (unpaired) electrons. The van der Waals surface area contributed by atoms with Crippen LogP contribution < -0.4 is 0 Å². The molecule has 0 N–H and O–H groups in total. The third-order valence-corrected chi connectivity index (χ3v) is 4.53. The van der Waals surface area contributed by atoms with E-state index in [2.05, 4.69) is 57.8 Å². The lowest BCUT2D eigenvalue weighted by atomic mass is 10.4. The number of halogens is 5. The Labute approximate surface area is 145 Å². The molecule has 3 nitrogen and oxygen atoms in total. The van der Waals surface area contributed by atoms with Gasteiger partial charge in [0.2, 0.25) is 0 Å². The molecule has 0 aliphatic heterocycles. The van der Waals surface area contributed by atoms with Crippen molar-refractivity contribution in [1.82, 2.24) is 9.97 Å². The van der Waals surface area contributed by atoms with Gasteiger partial charge in [-0.3, -0.25) is 9.78 Å². The van der Waals surface area contributed by atoms with Crippen LogP contribution in [-0.2, 0) is 0 Å². The van der Waals surface area contributed by atoms with E-state index in [4.69, 9.17) is 23.2 Å². The maximum absolute atomic E-state index is 10.2. The zero-order chi connectivity index (χ0) is 14.4. The monoisotopic (exact) mass is 488 g/mol. The summed E-state index contributed by atoms with van der Waals surface area (Å²) in [5.74, 6) is 0. The molecule has 0 aliphatic rings. The summed E-state index contributed by atoms with van der Waals surface area (Å²) >= 11 is 20.8. The molecule has 0 saturated carbocycles. The highest BCUT2D eigenvalue weighted by atomic mass is 79.9. The minimum absolute atomic E-state index is 0.365. The van der Waals surface area contributed by atoms with Crippen LogP contribution in [0.5, 0.6) is 0 Å². The Morgan fingerprint density at radius 2 is 1.47 bits per heavy atom. The standard InChI is InChI=1S/C6H3BrClNO.C5H2Br2ClN/c7-5-1-4(8)2-9-6(5)3-10;6-4-1-3(8)2-9-5(4)7/h1-3H;1-2H. The molecule has 0 saturated heterocycles. The fraction of sp³-hybridized carbons (Fsp3) is 0. The van der Waals surface area contributed by atoms with E-state index < -0.39 is 0 Å². The number of aromatic nitrogens is 2. The van der Waals surface area contributed by atoms with Gasteiger partial charge in [0.25, 0.3) is 0 Å². The second-order valence-corrected chi connectivity index (χ2v) is 6.40. The second-order valence-electron chi connectivity index (χ2n) is 3.06. The van der Waals surface area contributed by atoms with Crippen LogP contribution in [-0.4, -0.2) is 16.3 Å². The van der Waals surface area contributed by atoms with Crippen LogP contribution in [0, 0.1) is 0 Å². The highest BCUT2D eigenvalue weighted by molar-refractivity contribution is 9.13. The van der Waals surface area contributed by atoms with Crippen molar-refractivity contribution in [3.05, 3.63) is 53.8 Å². The zero-order valence-corrected chi connectivity index (χ0v) is 15.3. The number of carbonyl (C=O) groups excluding carboxylic acids is 1. The summed E-state index contributed by atoms with van der Waals surface area (Å²) in [7, 11) is 0. The van der Waals surface area contributed by atoms with Crippen LogP contribution in [0.3, 0.4) is 0 Å². The van der Waals surface area contributed by atoms with Crippen molar-refractivity contribution >= 4 is 77.3 Å². The van der Waals surface area contributed by atoms with Gasteiger partial charge in [0.05, 0.1) is 14.5 Å². The van der Waals surface area contributed by atoms with Gasteiger partial charge < -0.3 is 0 Å². The molecule has 0 aromatic carbocycles. The maximum atomic E-state index is 10.2. The van der Waals surface area contributed by atoms with Crippen LogP contribution in [0.15, 0.2) is 38.1 Å². The lowest BCUT2D eigenvalue weighted by Gasteiger charge is -1.93. The molecule has 0 unspecified atom stereocenters. The largest absolute Gasteiger partial charge is 0.296 e. The van der Waals surface area contributed by atoms with E-state index in [1.54, 1.807) is 18.3 Å². The molecule has 2 heterocycles. The number of pyridine rings is 2. The van der Waals surface area contributed by atoms with E-state index in [1.807, 2.05) is 0 Å². The van der Waals surface area contributed by atoms with Gasteiger partial charge >= 0.3 is 0 Å². The van der Waals surface area contributed by atoms with Gasteiger partial charge in [-0.2, -0.15) is 0 Å². The van der Waals surface area contributed by atoms with Gasteiger partial charge in [0, 0.05) is 16.9 Å². The van der Waals surface area contributed by atoms with E-state index in [1.165, 1.54) is 6.20 Å². The van der Waals surface area contributed by atoms with E-state index in [0.29, 0.717) is 26.5 Å². The van der Waals surface area contributed by atoms with Crippen molar-refractivity contribution in [2.75, 3.05) is 0 Å². The molecule has 100 valence electrons. The average molecular weight is 492 g/mol. The topological polar surface area (TPSA) is 42.9 Å². The second kappa shape index (κ2) is 8.32. The van der Waals surface area contributed by atoms with Crippen LogP contribution in [0.1, 0.15) is 10.5 Å². The number of rotatable bonds is 1. The van der Waals surface area contributed by atoms with E-state index in [0.717, 1.165) is 9.08 Å². The van der Waals surface area contributed by atoms with Crippen molar-refractivity contribution in [2.45, 2.75) is 0 Å². The van der Waals surface area contributed by atoms with Crippen molar-refractivity contribution in [1.29, 1.82) is 0 Å². The van der Waals surface area contributed by atoms with Crippen molar-refractivity contribution < 1.29 is 4.79 Å². The highest BCUT2D eigenvalue weighted by Crippen LogP contribution is 2.22. The summed E-state index contributed by atoms with van der Waals surface area (Å²) < 4.78 is 2.26. The van der Waals surface area contributed by atoms with Crippen LogP contribution in [0.25, 0.3) is 0 Å². The van der Waals surface area contributed by atoms with E-state index in [-0.39, 0.29) is 0 Å². The first-order valence-electron chi connectivity index (χ1n) is 4.66. The first-order chi connectivity index (χ1) is 8.93. The summed E-state index contributed by atoms with van der Waals surface area (Å²) in [6.45, 7) is 0. The summed E-state index contributed by atoms with van der Waals surface area (Å²) in [5, 5.41) is 1.14. The lowest BCUT2D eigenvalue weighted by Crippen LogP contribution is -1.86. The van der Waals surface area contributed by atoms with Gasteiger partial charge in [-0.1, -0.05) is 23.2 Å². The van der Waals surface area contributed by atoms with Crippen molar-refractivity contribution in [3.63, 3.8) is 0 Å². The highest BCUT2D eigenvalue weighted by Gasteiger charge is 1.98. The Balaban J connectivity index is 0.000000191. The van der Waals surface area contributed by atoms with Crippen LogP contribution in [0.2, 0.25) is 10.0 Å². The van der Waals surface area contributed by atoms with E-state index in [9.17, 15) is 4.79 Å². The molecule has 0 bridgehead atoms. The minimum Gasteiger partial charge on any atom is -0.296 e. The Bertz CT molecular complexity index is 596. The normalized spacial score (nSPS) is 9.53. The molecule has 0 aliphatic carbocycles. The number of nitrogens with zero attached hydrogens (tertiary/aromatic N) is 2. The first kappa shape index (κ1) is 17.0. The number of aldehydes is 1. The van der Waals surface area contributed by atoms with Gasteiger partial charge in [0.15, 0.2) is 6.29 Å². The predicted octanol–water partition coefficient (Wildman–Crippen LogP) is 5.57. The first-order valence-corrected chi connectivity index (χ1v) is 7.80. The van der Waals surface area contributed by atoms with Crippen molar-refractivity contribution in [2.24, 2.45) is 0 Å². The maximum Gasteiger partial charge on any atom is 0.169 e. The molecule has 19 heavy (non-hydrogen) atoms. The van der Waals surface area contributed by atoms with Gasteiger partial charge in [-0.25, -0.2) is 4.98 Å². The Hall–Kier alpha value is -0.0100. The molecule has 0 atom stereocenters. The molecule has 2 aromatic rings. The molecule has 0 spiro atoms. The van der Waals surface area contributed by atoms with E-state index >= 15 is 0 Å². The molecule has 2 rings (SSSR count). The van der Waals surface area contributed by atoms with Crippen molar-refractivity contribution in [3.8, 4) is 0 Å². The van der Waals surface area contributed by atoms with Gasteiger partial charge in [-0.15, -0.1) is 0 Å². The Kier molecular flexibility index (Phi) is 7.46. The summed E-state index contributed by atoms with van der Waals surface area (Å²) in [5.41, 5.74) is 0.365. The smallest absolute Gasteiger partial charge is 0.169 e. The third kappa shape index (κ3) is 5.87. The van der Waals surface area contributed by atoms with Crippen LogP contribution >= 0.6 is 71.0 Å². The summed E-state index contributed by atoms with van der Waals surface area (Å²) in [6.07, 6.45) is 3.67. The Morgan fingerprint density at radius 3 is 1.89 bits per heavy atom. The fourth-order valence-corrected chi connectivity index (χ4v) is 2.50. The zero-order valence-electron chi connectivity index (χ0n) is 9.08. The quantitative estimate of drug-likeness (QED) is 0.387. The SMILES string of the molecule is Clc1cnc(Br)c(Br)c1.O=Cc1ncc(Cl)cc1Br. The van der Waals surface area contributed by atoms with Gasteiger partial charge in [0.1, 0.15) is 10.3 Å². The van der Waals surface area contributed by atoms with Crippen LogP contribution in [0.4, 0.5) is 0 Å². The Morgan fingerprint density at radius 1 is 0.947 bits per heavy atom. The number of carbonyl (C=O) groups is 1. The number of hydrogen-bond donors (Lipinski definition) is 0. The molecule has 2 aromatic heterocycles. The molecule has 0 amide bonds. The lowest BCUT2D eigenvalue weighted by molar-refractivity contribution is 0.111. The average Bonchev–Trinajstić information content (AvgIpc) is 2.35. The summed E-state index contributed by atoms with van der Waals surface area (Å²) in [4.78, 5) is 17.9.